The average molecular weight is 452 g/mol. The van der Waals surface area contributed by atoms with Gasteiger partial charge in [-0.1, -0.05) is 12.1 Å². The van der Waals surface area contributed by atoms with Gasteiger partial charge < -0.3 is 19.7 Å². The molecule has 4 rings (SSSR count). The van der Waals surface area contributed by atoms with E-state index < -0.39 is 17.6 Å². The van der Waals surface area contributed by atoms with Crippen LogP contribution in [-0.2, 0) is 9.59 Å². The van der Waals surface area contributed by atoms with E-state index in [0.717, 1.165) is 0 Å². The predicted octanol–water partition coefficient (Wildman–Crippen LogP) is 1.61. The van der Waals surface area contributed by atoms with Gasteiger partial charge in [0.05, 0.1) is 6.20 Å². The Morgan fingerprint density at radius 1 is 0.970 bits per heavy atom. The van der Waals surface area contributed by atoms with Crippen LogP contribution in [0, 0.1) is 5.82 Å². The van der Waals surface area contributed by atoms with Gasteiger partial charge in [0.25, 0.3) is 5.91 Å². The van der Waals surface area contributed by atoms with E-state index in [9.17, 15) is 18.8 Å². The molecule has 3 amide bonds. The lowest BCUT2D eigenvalue weighted by atomic mass is 10.2. The number of aromatic nitrogens is 3. The standard InChI is InChI=1S/C23H25FN6O3/c1-16(2)26-20(31)23(33)29-13-11-28(12-14-29)22(32)17-15-25-30(19-8-4-3-7-18(19)24)21(17)27-9-5-6-10-27/h3-10,15-16H,11-14H2,1-2H3,(H,26,31). The van der Waals surface area contributed by atoms with Gasteiger partial charge in [-0.25, -0.2) is 9.07 Å². The molecule has 1 N–H and O–H groups in total. The molecule has 10 heteroatoms. The highest BCUT2D eigenvalue weighted by Crippen LogP contribution is 2.23. The molecule has 0 bridgehead atoms. The molecule has 172 valence electrons. The fourth-order valence-corrected chi connectivity index (χ4v) is 3.77. The summed E-state index contributed by atoms with van der Waals surface area (Å²) in [4.78, 5) is 40.8. The van der Waals surface area contributed by atoms with E-state index in [4.69, 9.17) is 0 Å². The second-order valence-corrected chi connectivity index (χ2v) is 8.05. The Morgan fingerprint density at radius 3 is 2.24 bits per heavy atom. The molecule has 1 aliphatic rings. The number of benzene rings is 1. The first-order valence-electron chi connectivity index (χ1n) is 10.7. The Balaban J connectivity index is 1.56. The Bertz CT molecular complexity index is 1160. The van der Waals surface area contributed by atoms with Gasteiger partial charge in [-0.05, 0) is 38.1 Å². The molecule has 3 aromatic rings. The molecule has 0 unspecified atom stereocenters. The van der Waals surface area contributed by atoms with E-state index in [0.29, 0.717) is 11.4 Å². The van der Waals surface area contributed by atoms with Crippen molar-refractivity contribution in [2.24, 2.45) is 0 Å². The van der Waals surface area contributed by atoms with E-state index in [1.54, 1.807) is 66.0 Å². The minimum Gasteiger partial charge on any atom is -0.346 e. The molecular weight excluding hydrogens is 427 g/mol. The number of nitrogens with zero attached hydrogens (tertiary/aromatic N) is 5. The first kappa shape index (κ1) is 22.3. The van der Waals surface area contributed by atoms with Gasteiger partial charge in [-0.3, -0.25) is 14.4 Å². The minimum absolute atomic E-state index is 0.137. The maximum Gasteiger partial charge on any atom is 0.312 e. The minimum atomic E-state index is -0.647. The number of hydrogen-bond donors (Lipinski definition) is 1. The number of nitrogens with one attached hydrogen (secondary N) is 1. The number of hydrogen-bond acceptors (Lipinski definition) is 4. The topological polar surface area (TPSA) is 92.5 Å². The molecule has 0 atom stereocenters. The van der Waals surface area contributed by atoms with E-state index in [-0.39, 0.29) is 43.8 Å². The van der Waals surface area contributed by atoms with Crippen LogP contribution in [0.4, 0.5) is 4.39 Å². The van der Waals surface area contributed by atoms with Crippen molar-refractivity contribution >= 4 is 17.7 Å². The summed E-state index contributed by atoms with van der Waals surface area (Å²) in [6, 6.07) is 9.69. The number of carbonyl (C=O) groups excluding carboxylic acids is 3. The Labute approximate surface area is 190 Å². The maximum atomic E-state index is 14.5. The Hall–Kier alpha value is -3.95. The average Bonchev–Trinajstić information content (AvgIpc) is 3.48. The number of piperazine rings is 1. The first-order valence-corrected chi connectivity index (χ1v) is 10.7. The zero-order valence-corrected chi connectivity index (χ0v) is 18.4. The maximum absolute atomic E-state index is 14.5. The van der Waals surface area contributed by atoms with Crippen LogP contribution in [0.5, 0.6) is 0 Å². The third kappa shape index (κ3) is 4.50. The molecule has 3 heterocycles. The van der Waals surface area contributed by atoms with Crippen molar-refractivity contribution in [1.29, 1.82) is 0 Å². The molecule has 0 spiro atoms. The smallest absolute Gasteiger partial charge is 0.312 e. The molecule has 2 aromatic heterocycles. The second-order valence-electron chi connectivity index (χ2n) is 8.05. The van der Waals surface area contributed by atoms with Gasteiger partial charge in [0.1, 0.15) is 17.1 Å². The summed E-state index contributed by atoms with van der Waals surface area (Å²) < 4.78 is 17.6. The quantitative estimate of drug-likeness (QED) is 0.609. The van der Waals surface area contributed by atoms with E-state index >= 15 is 0 Å². The lowest BCUT2D eigenvalue weighted by Gasteiger charge is -2.34. The zero-order chi connectivity index (χ0) is 23.5. The van der Waals surface area contributed by atoms with Crippen molar-refractivity contribution < 1.29 is 18.8 Å². The van der Waals surface area contributed by atoms with Gasteiger partial charge >= 0.3 is 11.8 Å². The van der Waals surface area contributed by atoms with Crippen molar-refractivity contribution in [3.63, 3.8) is 0 Å². The molecule has 33 heavy (non-hydrogen) atoms. The van der Waals surface area contributed by atoms with Gasteiger partial charge in [-0.2, -0.15) is 5.10 Å². The highest BCUT2D eigenvalue weighted by Gasteiger charge is 2.31. The predicted molar refractivity (Wildman–Crippen MR) is 119 cm³/mol. The summed E-state index contributed by atoms with van der Waals surface area (Å²) in [5.74, 6) is -1.56. The van der Waals surface area contributed by atoms with Crippen molar-refractivity contribution in [3.8, 4) is 11.5 Å². The highest BCUT2D eigenvalue weighted by atomic mass is 19.1. The fraction of sp³-hybridized carbons (Fsp3) is 0.304. The lowest BCUT2D eigenvalue weighted by molar-refractivity contribution is -0.147. The SMILES string of the molecule is CC(C)NC(=O)C(=O)N1CCN(C(=O)c2cnn(-c3ccccc3F)c2-n2cccc2)CC1. The van der Waals surface area contributed by atoms with Crippen LogP contribution in [0.1, 0.15) is 24.2 Å². The molecule has 9 nitrogen and oxygen atoms in total. The molecule has 0 aliphatic carbocycles. The summed E-state index contributed by atoms with van der Waals surface area (Å²) in [6.07, 6.45) is 4.95. The highest BCUT2D eigenvalue weighted by molar-refractivity contribution is 6.35. The van der Waals surface area contributed by atoms with Crippen LogP contribution in [0.3, 0.4) is 0 Å². The Kier molecular flexibility index (Phi) is 6.25. The van der Waals surface area contributed by atoms with Crippen LogP contribution in [-0.4, -0.2) is 74.1 Å². The van der Waals surface area contributed by atoms with E-state index in [2.05, 4.69) is 10.4 Å². The molecule has 1 aliphatic heterocycles. The summed E-state index contributed by atoms with van der Waals surface area (Å²) in [7, 11) is 0. The van der Waals surface area contributed by atoms with Crippen molar-refractivity contribution in [3.05, 3.63) is 66.4 Å². The van der Waals surface area contributed by atoms with Gasteiger partial charge in [0.15, 0.2) is 5.82 Å². The summed E-state index contributed by atoms with van der Waals surface area (Å²) >= 11 is 0. The third-order valence-electron chi connectivity index (χ3n) is 5.37. The summed E-state index contributed by atoms with van der Waals surface area (Å²) in [5, 5.41) is 6.89. The van der Waals surface area contributed by atoms with E-state index in [1.165, 1.54) is 21.8 Å². The molecule has 1 aromatic carbocycles. The van der Waals surface area contributed by atoms with Crippen molar-refractivity contribution in [2.45, 2.75) is 19.9 Å². The van der Waals surface area contributed by atoms with E-state index in [1.807, 2.05) is 0 Å². The van der Waals surface area contributed by atoms with Gasteiger partial charge in [0.2, 0.25) is 0 Å². The Morgan fingerprint density at radius 2 is 1.61 bits per heavy atom. The van der Waals surface area contributed by atoms with Crippen LogP contribution < -0.4 is 5.32 Å². The molecule has 1 fully saturated rings. The van der Waals surface area contributed by atoms with Crippen LogP contribution in [0.25, 0.3) is 11.5 Å². The molecular formula is C23H25FN6O3. The van der Waals surface area contributed by atoms with Crippen LogP contribution >= 0.6 is 0 Å². The van der Waals surface area contributed by atoms with Crippen molar-refractivity contribution in [2.75, 3.05) is 26.2 Å². The van der Waals surface area contributed by atoms with Crippen LogP contribution in [0.2, 0.25) is 0 Å². The number of carbonyl (C=O) groups is 3. The molecule has 0 radical (unpaired) electrons. The van der Waals surface area contributed by atoms with Crippen LogP contribution in [0.15, 0.2) is 55.0 Å². The monoisotopic (exact) mass is 452 g/mol. The van der Waals surface area contributed by atoms with Gasteiger partial charge in [0, 0.05) is 44.6 Å². The normalized spacial score (nSPS) is 13.9. The summed E-state index contributed by atoms with van der Waals surface area (Å²) in [5.41, 5.74) is 0.540. The first-order chi connectivity index (χ1) is 15.9. The third-order valence-corrected chi connectivity index (χ3v) is 5.37. The van der Waals surface area contributed by atoms with Crippen molar-refractivity contribution in [1.82, 2.24) is 29.5 Å². The number of rotatable bonds is 4. The zero-order valence-electron chi connectivity index (χ0n) is 18.4. The molecule has 0 saturated carbocycles. The fourth-order valence-electron chi connectivity index (χ4n) is 3.77. The number of amides is 3. The largest absolute Gasteiger partial charge is 0.346 e. The summed E-state index contributed by atoms with van der Waals surface area (Å²) in [6.45, 7) is 4.61. The van der Waals surface area contributed by atoms with Gasteiger partial charge in [-0.15, -0.1) is 0 Å². The second kappa shape index (κ2) is 9.27. The number of para-hydroxylation sites is 1. The molecule has 1 saturated heterocycles. The lowest BCUT2D eigenvalue weighted by Crippen LogP contribution is -2.54. The number of halogens is 1.